The number of benzene rings is 1. The second-order valence-corrected chi connectivity index (χ2v) is 5.30. The summed E-state index contributed by atoms with van der Waals surface area (Å²) in [5.41, 5.74) is 9.17. The third-order valence-electron chi connectivity index (χ3n) is 3.79. The van der Waals surface area contributed by atoms with Crippen molar-refractivity contribution in [2.45, 2.75) is 12.2 Å². The van der Waals surface area contributed by atoms with E-state index in [1.807, 2.05) is 0 Å². The zero-order valence-corrected chi connectivity index (χ0v) is 12.3. The van der Waals surface area contributed by atoms with E-state index in [0.29, 0.717) is 24.4 Å². The molecule has 0 saturated carbocycles. The molecule has 0 aromatic heterocycles. The number of nitrogens with one attached hydrogen (secondary N) is 1. The number of nitrogens with zero attached hydrogens (tertiary/aromatic N) is 4. The van der Waals surface area contributed by atoms with Crippen LogP contribution in [0.5, 0.6) is 0 Å². The lowest BCUT2D eigenvalue weighted by Crippen LogP contribution is -2.33. The molecule has 8 nitrogen and oxygen atoms in total. The van der Waals surface area contributed by atoms with Crippen molar-refractivity contribution in [2.24, 2.45) is 5.11 Å². The quantitative estimate of drug-likeness (QED) is 0.521. The molecule has 0 bridgehead atoms. The summed E-state index contributed by atoms with van der Waals surface area (Å²) in [6.07, 6.45) is -1.43. The van der Waals surface area contributed by atoms with Crippen LogP contribution in [0.1, 0.15) is 11.7 Å². The molecule has 1 aromatic rings. The van der Waals surface area contributed by atoms with Crippen LogP contribution in [0.3, 0.4) is 0 Å². The maximum atomic E-state index is 14.4. The predicted octanol–water partition coefficient (Wildman–Crippen LogP) is 2.12. The first-order valence-electron chi connectivity index (χ1n) is 7.30. The molecule has 0 aliphatic carbocycles. The summed E-state index contributed by atoms with van der Waals surface area (Å²) in [4.78, 5) is 15.8. The smallest absolute Gasteiger partial charge is 0.414 e. The molecule has 2 aliphatic rings. The molecule has 0 spiro atoms. The van der Waals surface area contributed by atoms with Crippen LogP contribution in [-0.4, -0.2) is 45.0 Å². The van der Waals surface area contributed by atoms with Crippen LogP contribution < -0.4 is 10.2 Å². The van der Waals surface area contributed by atoms with Crippen LogP contribution in [0, 0.1) is 5.82 Å². The van der Waals surface area contributed by atoms with E-state index < -0.39 is 18.0 Å². The summed E-state index contributed by atoms with van der Waals surface area (Å²) < 4.78 is 25.0. The van der Waals surface area contributed by atoms with Crippen LogP contribution in [0.15, 0.2) is 23.3 Å². The van der Waals surface area contributed by atoms with Crippen molar-refractivity contribution >= 4 is 11.8 Å². The van der Waals surface area contributed by atoms with Crippen molar-refractivity contribution < 1.29 is 18.7 Å². The minimum Gasteiger partial charge on any atom is -0.444 e. The maximum Gasteiger partial charge on any atom is 0.414 e. The Bertz CT molecular complexity index is 643. The van der Waals surface area contributed by atoms with Gasteiger partial charge in [0, 0.05) is 23.6 Å². The number of ether oxygens (including phenoxy) is 2. The van der Waals surface area contributed by atoms with Gasteiger partial charge in [-0.1, -0.05) is 11.2 Å². The molecule has 3 rings (SSSR count). The number of amides is 1. The Morgan fingerprint density at radius 2 is 2.39 bits per heavy atom. The molecule has 2 aliphatic heterocycles. The fourth-order valence-electron chi connectivity index (χ4n) is 2.67. The third-order valence-corrected chi connectivity index (χ3v) is 3.79. The van der Waals surface area contributed by atoms with E-state index in [4.69, 9.17) is 15.0 Å². The number of cyclic esters (lactones) is 1. The molecular weight excluding hydrogens is 305 g/mol. The number of halogens is 1. The molecule has 23 heavy (non-hydrogen) atoms. The van der Waals surface area contributed by atoms with Gasteiger partial charge in [0.2, 0.25) is 0 Å². The summed E-state index contributed by atoms with van der Waals surface area (Å²) in [5, 5.41) is 6.54. The molecule has 122 valence electrons. The summed E-state index contributed by atoms with van der Waals surface area (Å²) in [5.74, 6) is -0.428. The number of azide groups is 1. The van der Waals surface area contributed by atoms with Crippen LogP contribution in [0.2, 0.25) is 0 Å². The molecule has 1 N–H and O–H groups in total. The number of rotatable bonds is 4. The van der Waals surface area contributed by atoms with E-state index >= 15 is 0 Å². The first-order chi connectivity index (χ1) is 11.2. The molecule has 1 aromatic carbocycles. The van der Waals surface area contributed by atoms with Gasteiger partial charge in [-0.2, -0.15) is 0 Å². The molecule has 2 saturated heterocycles. The van der Waals surface area contributed by atoms with Crippen LogP contribution >= 0.6 is 0 Å². The Hall–Kier alpha value is -2.35. The van der Waals surface area contributed by atoms with E-state index in [1.54, 1.807) is 12.1 Å². The second-order valence-electron chi connectivity index (χ2n) is 5.30. The SMILES string of the molecule is [N-]=[N+]=NC[C@H]1CN(c2ccc(C3CNCCO3)c(F)c2)C(=O)O1. The molecular formula is C14H16FN5O3. The number of carbonyl (C=O) groups is 1. The highest BCUT2D eigenvalue weighted by atomic mass is 19.1. The number of carbonyl (C=O) groups excluding carboxylic acids is 1. The normalized spacial score (nSPS) is 24.2. The first kappa shape index (κ1) is 15.5. The standard InChI is InChI=1S/C14H16FN5O3/c15-12-5-9(1-2-11(12)13-7-17-3-4-22-13)20-8-10(6-18-19-16)23-14(20)21/h1-2,5,10,13,17H,3-4,6-8H2/t10-,13?/m0/s1. The highest BCUT2D eigenvalue weighted by Crippen LogP contribution is 2.28. The Balaban J connectivity index is 1.74. The average Bonchev–Trinajstić information content (AvgIpc) is 2.94. The molecule has 2 heterocycles. The van der Waals surface area contributed by atoms with E-state index in [2.05, 4.69) is 15.3 Å². The Kier molecular flexibility index (Phi) is 4.61. The van der Waals surface area contributed by atoms with E-state index in [0.717, 1.165) is 6.54 Å². The van der Waals surface area contributed by atoms with Gasteiger partial charge in [-0.15, -0.1) is 0 Å². The van der Waals surface area contributed by atoms with Gasteiger partial charge in [0.05, 0.1) is 31.5 Å². The zero-order valence-electron chi connectivity index (χ0n) is 12.3. The van der Waals surface area contributed by atoms with Crippen molar-refractivity contribution in [3.63, 3.8) is 0 Å². The fraction of sp³-hybridized carbons (Fsp3) is 0.500. The predicted molar refractivity (Wildman–Crippen MR) is 79.6 cm³/mol. The fourth-order valence-corrected chi connectivity index (χ4v) is 2.67. The molecule has 1 amide bonds. The van der Waals surface area contributed by atoms with E-state index in [1.165, 1.54) is 11.0 Å². The molecule has 1 unspecified atom stereocenters. The monoisotopic (exact) mass is 321 g/mol. The number of hydrogen-bond donors (Lipinski definition) is 1. The summed E-state index contributed by atoms with van der Waals surface area (Å²) in [7, 11) is 0. The van der Waals surface area contributed by atoms with Gasteiger partial charge < -0.3 is 14.8 Å². The third kappa shape index (κ3) is 3.37. The van der Waals surface area contributed by atoms with Gasteiger partial charge in [-0.3, -0.25) is 4.90 Å². The lowest BCUT2D eigenvalue weighted by molar-refractivity contribution is 0.0255. The molecule has 2 fully saturated rings. The summed E-state index contributed by atoms with van der Waals surface area (Å²) >= 11 is 0. The van der Waals surface area contributed by atoms with E-state index in [-0.39, 0.29) is 19.2 Å². The van der Waals surface area contributed by atoms with Gasteiger partial charge in [0.1, 0.15) is 11.9 Å². The topological polar surface area (TPSA) is 99.6 Å². The van der Waals surface area contributed by atoms with Gasteiger partial charge in [0.25, 0.3) is 0 Å². The molecule has 2 atom stereocenters. The van der Waals surface area contributed by atoms with Crippen LogP contribution in [0.25, 0.3) is 10.4 Å². The van der Waals surface area contributed by atoms with E-state index in [9.17, 15) is 9.18 Å². The lowest BCUT2D eigenvalue weighted by atomic mass is 10.1. The van der Waals surface area contributed by atoms with Crippen molar-refractivity contribution in [1.29, 1.82) is 0 Å². The van der Waals surface area contributed by atoms with Gasteiger partial charge >= 0.3 is 6.09 Å². The average molecular weight is 321 g/mol. The minimum atomic E-state index is -0.578. The minimum absolute atomic E-state index is 0.0564. The second kappa shape index (κ2) is 6.82. The highest BCUT2D eigenvalue weighted by Gasteiger charge is 2.32. The van der Waals surface area contributed by atoms with Crippen molar-refractivity contribution in [3.05, 3.63) is 40.0 Å². The Morgan fingerprint density at radius 1 is 1.52 bits per heavy atom. The van der Waals surface area contributed by atoms with Crippen molar-refractivity contribution in [2.75, 3.05) is 37.7 Å². The Labute approximate surface area is 131 Å². The van der Waals surface area contributed by atoms with Crippen LogP contribution in [0.4, 0.5) is 14.9 Å². The summed E-state index contributed by atoms with van der Waals surface area (Å²) in [6.45, 7) is 2.11. The van der Waals surface area contributed by atoms with Gasteiger partial charge in [-0.25, -0.2) is 9.18 Å². The molecule has 0 radical (unpaired) electrons. The maximum absolute atomic E-state index is 14.4. The highest BCUT2D eigenvalue weighted by molar-refractivity contribution is 5.89. The zero-order chi connectivity index (χ0) is 16.2. The van der Waals surface area contributed by atoms with Gasteiger partial charge in [-0.05, 0) is 17.7 Å². The van der Waals surface area contributed by atoms with Gasteiger partial charge in [0.15, 0.2) is 0 Å². The first-order valence-corrected chi connectivity index (χ1v) is 7.30. The largest absolute Gasteiger partial charge is 0.444 e. The Morgan fingerprint density at radius 3 is 3.09 bits per heavy atom. The van der Waals surface area contributed by atoms with Crippen molar-refractivity contribution in [1.82, 2.24) is 5.32 Å². The number of hydrogen-bond acceptors (Lipinski definition) is 5. The van der Waals surface area contributed by atoms with Crippen LogP contribution in [-0.2, 0) is 9.47 Å². The number of morpholine rings is 1. The molecule has 9 heteroatoms. The van der Waals surface area contributed by atoms with Crippen molar-refractivity contribution in [3.8, 4) is 0 Å². The summed E-state index contributed by atoms with van der Waals surface area (Å²) in [6, 6.07) is 4.58. The number of anilines is 1. The lowest BCUT2D eigenvalue weighted by Gasteiger charge is -2.25.